The Morgan fingerprint density at radius 2 is 1.96 bits per heavy atom. The summed E-state index contributed by atoms with van der Waals surface area (Å²) in [6.45, 7) is 9.29. The van der Waals surface area contributed by atoms with Crippen LogP contribution in [0.2, 0.25) is 0 Å². The second kappa shape index (κ2) is 13.2. The zero-order chi connectivity index (χ0) is 19.5. The minimum absolute atomic E-state index is 0. The molecule has 1 saturated heterocycles. The van der Waals surface area contributed by atoms with Crippen LogP contribution >= 0.6 is 24.0 Å². The van der Waals surface area contributed by atoms with Crippen LogP contribution in [0.1, 0.15) is 26.7 Å². The van der Waals surface area contributed by atoms with Crippen LogP contribution in [-0.2, 0) is 10.0 Å². The number of hydrogen-bond acceptors (Lipinski definition) is 4. The standard InChI is InChI=1S/C19H33N5O2S.HI/c1-3-20-19(22-13-16-24-15-9-17-27(24,25)26)21-12-8-14-23(4-2)18-10-6-5-7-11-18;/h5-7,10-11H,3-4,8-9,12-17H2,1-2H3,(H2,20,21,22);1H. The van der Waals surface area contributed by atoms with Crippen LogP contribution in [-0.4, -0.2) is 70.2 Å². The van der Waals surface area contributed by atoms with Gasteiger partial charge in [0.1, 0.15) is 0 Å². The van der Waals surface area contributed by atoms with Gasteiger partial charge in [0.05, 0.1) is 5.75 Å². The van der Waals surface area contributed by atoms with Crippen molar-refractivity contribution in [2.24, 2.45) is 4.99 Å². The molecule has 0 atom stereocenters. The molecule has 1 fully saturated rings. The van der Waals surface area contributed by atoms with E-state index in [4.69, 9.17) is 0 Å². The van der Waals surface area contributed by atoms with Crippen LogP contribution in [0.25, 0.3) is 0 Å². The number of sulfonamides is 1. The molecule has 0 unspecified atom stereocenters. The molecule has 0 aliphatic carbocycles. The lowest BCUT2D eigenvalue weighted by atomic mass is 10.2. The van der Waals surface area contributed by atoms with Gasteiger partial charge in [0.15, 0.2) is 5.96 Å². The van der Waals surface area contributed by atoms with Crippen molar-refractivity contribution in [2.75, 3.05) is 56.5 Å². The zero-order valence-electron chi connectivity index (χ0n) is 16.9. The molecule has 1 aromatic carbocycles. The Morgan fingerprint density at radius 3 is 2.57 bits per heavy atom. The predicted octanol–water partition coefficient (Wildman–Crippen LogP) is 2.11. The van der Waals surface area contributed by atoms with Gasteiger partial charge in [-0.3, -0.25) is 4.99 Å². The van der Waals surface area contributed by atoms with Gasteiger partial charge in [0, 0.05) is 51.5 Å². The van der Waals surface area contributed by atoms with Crippen molar-refractivity contribution < 1.29 is 8.42 Å². The lowest BCUT2D eigenvalue weighted by Gasteiger charge is -2.22. The van der Waals surface area contributed by atoms with Gasteiger partial charge in [-0.25, -0.2) is 12.7 Å². The van der Waals surface area contributed by atoms with Gasteiger partial charge >= 0.3 is 0 Å². The smallest absolute Gasteiger partial charge is 0.214 e. The van der Waals surface area contributed by atoms with Crippen molar-refractivity contribution in [1.29, 1.82) is 0 Å². The van der Waals surface area contributed by atoms with E-state index in [1.54, 1.807) is 4.31 Å². The van der Waals surface area contributed by atoms with Crippen LogP contribution in [0, 0.1) is 0 Å². The Labute approximate surface area is 187 Å². The van der Waals surface area contributed by atoms with Gasteiger partial charge in [-0.2, -0.15) is 0 Å². The van der Waals surface area contributed by atoms with Crippen molar-refractivity contribution in [2.45, 2.75) is 26.7 Å². The minimum Gasteiger partial charge on any atom is -0.372 e. The van der Waals surface area contributed by atoms with Crippen LogP contribution in [0.5, 0.6) is 0 Å². The molecule has 7 nitrogen and oxygen atoms in total. The number of benzene rings is 1. The number of halogens is 1. The van der Waals surface area contributed by atoms with E-state index in [2.05, 4.69) is 51.7 Å². The van der Waals surface area contributed by atoms with Crippen LogP contribution in [0.15, 0.2) is 35.3 Å². The molecular formula is C19H34IN5O2S. The Kier molecular flexibility index (Phi) is 11.8. The van der Waals surface area contributed by atoms with Gasteiger partial charge in [-0.15, -0.1) is 24.0 Å². The topological polar surface area (TPSA) is 77.0 Å². The Bertz CT molecular complexity index is 685. The maximum absolute atomic E-state index is 11.8. The largest absolute Gasteiger partial charge is 0.372 e. The summed E-state index contributed by atoms with van der Waals surface area (Å²) in [4.78, 5) is 6.96. The van der Waals surface area contributed by atoms with E-state index in [0.717, 1.165) is 45.0 Å². The molecule has 2 rings (SSSR count). The lowest BCUT2D eigenvalue weighted by Crippen LogP contribution is -2.42. The number of para-hydroxylation sites is 1. The van der Waals surface area contributed by atoms with Gasteiger partial charge < -0.3 is 15.5 Å². The summed E-state index contributed by atoms with van der Waals surface area (Å²) in [5, 5.41) is 6.46. The molecular weight excluding hydrogens is 489 g/mol. The van der Waals surface area contributed by atoms with E-state index in [9.17, 15) is 8.42 Å². The van der Waals surface area contributed by atoms with Crippen molar-refractivity contribution in [1.82, 2.24) is 14.9 Å². The molecule has 1 heterocycles. The third-order valence-electron chi connectivity index (χ3n) is 4.56. The number of nitrogens with zero attached hydrogens (tertiary/aromatic N) is 3. The zero-order valence-corrected chi connectivity index (χ0v) is 20.1. The van der Waals surface area contributed by atoms with Gasteiger partial charge in [0.2, 0.25) is 10.0 Å². The molecule has 28 heavy (non-hydrogen) atoms. The molecule has 9 heteroatoms. The highest BCUT2D eigenvalue weighted by Crippen LogP contribution is 2.13. The number of anilines is 1. The highest BCUT2D eigenvalue weighted by atomic mass is 127. The third-order valence-corrected chi connectivity index (χ3v) is 6.52. The van der Waals surface area contributed by atoms with Gasteiger partial charge in [-0.1, -0.05) is 18.2 Å². The van der Waals surface area contributed by atoms with Crippen LogP contribution in [0.3, 0.4) is 0 Å². The van der Waals surface area contributed by atoms with Gasteiger partial charge in [-0.05, 0) is 38.8 Å². The molecule has 0 spiro atoms. The first-order chi connectivity index (χ1) is 13.1. The van der Waals surface area contributed by atoms with E-state index in [1.807, 2.05) is 13.0 Å². The van der Waals surface area contributed by atoms with Crippen molar-refractivity contribution in [3.63, 3.8) is 0 Å². The highest BCUT2D eigenvalue weighted by Gasteiger charge is 2.27. The molecule has 0 radical (unpaired) electrons. The number of nitrogens with one attached hydrogen (secondary N) is 2. The minimum atomic E-state index is -3.03. The number of rotatable bonds is 10. The van der Waals surface area contributed by atoms with E-state index < -0.39 is 10.0 Å². The maximum atomic E-state index is 11.8. The van der Waals surface area contributed by atoms with E-state index in [-0.39, 0.29) is 29.7 Å². The molecule has 2 N–H and O–H groups in total. The first-order valence-electron chi connectivity index (χ1n) is 9.86. The van der Waals surface area contributed by atoms with Crippen LogP contribution in [0.4, 0.5) is 5.69 Å². The fraction of sp³-hybridized carbons (Fsp3) is 0.632. The fourth-order valence-corrected chi connectivity index (χ4v) is 4.67. The summed E-state index contributed by atoms with van der Waals surface area (Å²) in [6.07, 6.45) is 1.69. The summed E-state index contributed by atoms with van der Waals surface area (Å²) in [5.74, 6) is 1.02. The summed E-state index contributed by atoms with van der Waals surface area (Å²) in [6, 6.07) is 10.4. The number of aliphatic imine (C=N–C) groups is 1. The van der Waals surface area contributed by atoms with Crippen molar-refractivity contribution in [3.8, 4) is 0 Å². The molecule has 1 aromatic rings. The average molecular weight is 523 g/mol. The molecule has 0 saturated carbocycles. The summed E-state index contributed by atoms with van der Waals surface area (Å²) >= 11 is 0. The van der Waals surface area contributed by atoms with Gasteiger partial charge in [0.25, 0.3) is 0 Å². The lowest BCUT2D eigenvalue weighted by molar-refractivity contribution is 0.445. The quantitative estimate of drug-likeness (QED) is 0.213. The fourth-order valence-electron chi connectivity index (χ4n) is 3.14. The summed E-state index contributed by atoms with van der Waals surface area (Å²) in [5.41, 5.74) is 1.24. The Morgan fingerprint density at radius 1 is 1.21 bits per heavy atom. The second-order valence-corrected chi connectivity index (χ2v) is 8.61. The van der Waals surface area contributed by atoms with E-state index in [0.29, 0.717) is 19.6 Å². The Balaban J connectivity index is 0.00000392. The molecule has 0 aromatic heterocycles. The van der Waals surface area contributed by atoms with E-state index in [1.165, 1.54) is 5.69 Å². The molecule has 0 bridgehead atoms. The molecule has 0 amide bonds. The molecule has 1 aliphatic rings. The summed E-state index contributed by atoms with van der Waals surface area (Å²) < 4.78 is 25.2. The number of guanidine groups is 1. The second-order valence-electron chi connectivity index (χ2n) is 6.52. The number of hydrogen-bond donors (Lipinski definition) is 2. The first-order valence-corrected chi connectivity index (χ1v) is 11.5. The monoisotopic (exact) mass is 523 g/mol. The molecule has 160 valence electrons. The SMILES string of the molecule is CCNC(=NCCCN(CC)c1ccccc1)NCCN1CCCS1(=O)=O.I. The normalized spacial score (nSPS) is 16.4. The summed E-state index contributed by atoms with van der Waals surface area (Å²) in [7, 11) is -3.03. The van der Waals surface area contributed by atoms with Crippen LogP contribution < -0.4 is 15.5 Å². The highest BCUT2D eigenvalue weighted by molar-refractivity contribution is 14.0. The maximum Gasteiger partial charge on any atom is 0.214 e. The van der Waals surface area contributed by atoms with Crippen molar-refractivity contribution in [3.05, 3.63) is 30.3 Å². The third kappa shape index (κ3) is 8.12. The molecule has 1 aliphatic heterocycles. The first kappa shape index (κ1) is 25.0. The average Bonchev–Trinajstić information content (AvgIpc) is 3.00. The predicted molar refractivity (Wildman–Crippen MR) is 128 cm³/mol. The van der Waals surface area contributed by atoms with Crippen molar-refractivity contribution >= 4 is 45.6 Å². The van der Waals surface area contributed by atoms with E-state index >= 15 is 0 Å². The Hall–Kier alpha value is -1.07.